The summed E-state index contributed by atoms with van der Waals surface area (Å²) in [6, 6.07) is 10.1. The Labute approximate surface area is 198 Å². The van der Waals surface area contributed by atoms with Crippen LogP contribution in [0.3, 0.4) is 0 Å². The van der Waals surface area contributed by atoms with Gasteiger partial charge in [0.1, 0.15) is 5.82 Å². The highest BCUT2D eigenvalue weighted by Gasteiger charge is 2.21. The first kappa shape index (κ1) is 24.7. The number of nitrogens with zero attached hydrogens (tertiary/aromatic N) is 4. The van der Waals surface area contributed by atoms with Crippen LogP contribution in [0.5, 0.6) is 11.5 Å². The summed E-state index contributed by atoms with van der Waals surface area (Å²) in [6.45, 7) is 5.92. The zero-order valence-corrected chi connectivity index (χ0v) is 19.3. The highest BCUT2D eigenvalue weighted by Crippen LogP contribution is 2.31. The quantitative estimate of drug-likeness (QED) is 0.183. The summed E-state index contributed by atoms with van der Waals surface area (Å²) >= 11 is 1.08. The highest BCUT2D eigenvalue weighted by molar-refractivity contribution is 7.99. The molecule has 0 saturated heterocycles. The van der Waals surface area contributed by atoms with Gasteiger partial charge in [0, 0.05) is 18.7 Å². The topological polar surface area (TPSA) is 121 Å². The van der Waals surface area contributed by atoms with Crippen molar-refractivity contribution >= 4 is 29.0 Å². The van der Waals surface area contributed by atoms with Crippen molar-refractivity contribution in [2.45, 2.75) is 24.7 Å². The van der Waals surface area contributed by atoms with Gasteiger partial charge in [0.15, 0.2) is 28.6 Å². The van der Waals surface area contributed by atoms with E-state index in [1.165, 1.54) is 0 Å². The van der Waals surface area contributed by atoms with Crippen molar-refractivity contribution in [2.75, 3.05) is 18.2 Å². The number of nitrogens with one attached hydrogen (secondary N) is 1. The van der Waals surface area contributed by atoms with Gasteiger partial charge in [-0.3, -0.25) is 19.5 Å². The van der Waals surface area contributed by atoms with Crippen LogP contribution in [0.15, 0.2) is 60.3 Å². The number of hydrogen-bond acceptors (Lipinski definition) is 8. The van der Waals surface area contributed by atoms with E-state index in [0.29, 0.717) is 29.0 Å². The van der Waals surface area contributed by atoms with Crippen LogP contribution in [0, 0.1) is 15.9 Å². The molecule has 1 atom stereocenters. The van der Waals surface area contributed by atoms with Crippen molar-refractivity contribution in [2.24, 2.45) is 0 Å². The number of benzene rings is 2. The molecule has 0 fully saturated rings. The van der Waals surface area contributed by atoms with Crippen molar-refractivity contribution in [1.82, 2.24) is 14.8 Å². The number of anilines is 1. The largest absolute Gasteiger partial charge is 0.493 e. The average Bonchev–Trinajstić information content (AvgIpc) is 3.22. The van der Waals surface area contributed by atoms with Gasteiger partial charge in [-0.2, -0.15) is 0 Å². The van der Waals surface area contributed by atoms with E-state index in [2.05, 4.69) is 22.1 Å². The number of carbonyl (C=O) groups is 1. The number of non-ortho nitro benzene ring substituents is 1. The number of allylic oxidation sites excluding steroid dienone is 1. The maximum atomic E-state index is 13.9. The molecule has 0 radical (unpaired) electrons. The molecule has 0 saturated carbocycles. The van der Waals surface area contributed by atoms with E-state index in [1.54, 1.807) is 29.9 Å². The molecule has 0 aliphatic rings. The van der Waals surface area contributed by atoms with Crippen molar-refractivity contribution in [1.29, 1.82) is 0 Å². The van der Waals surface area contributed by atoms with Crippen LogP contribution in [-0.4, -0.2) is 38.5 Å². The molecule has 34 heavy (non-hydrogen) atoms. The van der Waals surface area contributed by atoms with Crippen LogP contribution in [0.1, 0.15) is 18.9 Å². The molecule has 1 N–H and O–H groups in total. The van der Waals surface area contributed by atoms with E-state index in [-0.39, 0.29) is 17.1 Å². The van der Waals surface area contributed by atoms with Gasteiger partial charge in [0.2, 0.25) is 5.91 Å². The number of hydrogen-bond donors (Lipinski definition) is 1. The Kier molecular flexibility index (Phi) is 8.19. The Morgan fingerprint density at radius 3 is 2.74 bits per heavy atom. The molecule has 178 valence electrons. The van der Waals surface area contributed by atoms with Crippen molar-refractivity contribution < 1.29 is 23.6 Å². The predicted octanol–water partition coefficient (Wildman–Crippen LogP) is 4.39. The monoisotopic (exact) mass is 487 g/mol. The van der Waals surface area contributed by atoms with Crippen molar-refractivity contribution in [3.05, 3.63) is 76.9 Å². The Morgan fingerprint density at radius 2 is 2.06 bits per heavy atom. The second-order valence-corrected chi connectivity index (χ2v) is 7.85. The van der Waals surface area contributed by atoms with Gasteiger partial charge >= 0.3 is 0 Å². The molecule has 2 aromatic carbocycles. The lowest BCUT2D eigenvalue weighted by Gasteiger charge is -2.17. The molecule has 0 aliphatic carbocycles. The summed E-state index contributed by atoms with van der Waals surface area (Å²) in [5.41, 5.74) is -0.601. The lowest BCUT2D eigenvalue weighted by Crippen LogP contribution is -2.16. The molecular formula is C22H22FN5O5S. The van der Waals surface area contributed by atoms with Gasteiger partial charge in [-0.15, -0.1) is 16.8 Å². The number of ether oxygens (including phenoxy) is 2. The van der Waals surface area contributed by atoms with Gasteiger partial charge in [0.25, 0.3) is 5.69 Å². The van der Waals surface area contributed by atoms with Gasteiger partial charge in [-0.05, 0) is 25.1 Å². The minimum Gasteiger partial charge on any atom is -0.493 e. The molecule has 1 heterocycles. The van der Waals surface area contributed by atoms with Crippen molar-refractivity contribution in [3.8, 4) is 11.5 Å². The molecule has 12 heteroatoms. The number of nitro groups is 1. The molecule has 1 unspecified atom stereocenters. The second-order valence-electron chi connectivity index (χ2n) is 6.91. The van der Waals surface area contributed by atoms with Crippen LogP contribution in [0.25, 0.3) is 0 Å². The molecule has 1 aromatic heterocycles. The van der Waals surface area contributed by atoms with E-state index in [0.717, 1.165) is 30.0 Å². The van der Waals surface area contributed by atoms with Gasteiger partial charge in [-0.1, -0.05) is 30.0 Å². The highest BCUT2D eigenvalue weighted by atomic mass is 32.2. The number of rotatable bonds is 11. The maximum absolute atomic E-state index is 13.9. The van der Waals surface area contributed by atoms with Crippen LogP contribution in [0.2, 0.25) is 0 Å². The second kappa shape index (κ2) is 11.3. The first-order valence-electron chi connectivity index (χ1n) is 10.0. The first-order valence-corrected chi connectivity index (χ1v) is 11.0. The molecule has 1 amide bonds. The maximum Gasteiger partial charge on any atom is 0.271 e. The average molecular weight is 488 g/mol. The van der Waals surface area contributed by atoms with Gasteiger partial charge in [0.05, 0.1) is 23.5 Å². The summed E-state index contributed by atoms with van der Waals surface area (Å²) in [7, 11) is 1.55. The Morgan fingerprint density at radius 1 is 1.32 bits per heavy atom. The number of amides is 1. The summed E-state index contributed by atoms with van der Waals surface area (Å²) < 4.78 is 27.0. The summed E-state index contributed by atoms with van der Waals surface area (Å²) in [6.07, 6.45) is 1.16. The van der Waals surface area contributed by atoms with Crippen LogP contribution >= 0.6 is 11.8 Å². The molecule has 3 aromatic rings. The summed E-state index contributed by atoms with van der Waals surface area (Å²) in [4.78, 5) is 22.6. The van der Waals surface area contributed by atoms with Gasteiger partial charge < -0.3 is 14.8 Å². The number of carbonyl (C=O) groups excluding carboxylic acids is 1. The van der Waals surface area contributed by atoms with E-state index in [1.807, 2.05) is 19.1 Å². The van der Waals surface area contributed by atoms with Crippen LogP contribution in [0.4, 0.5) is 15.8 Å². The number of halogens is 1. The summed E-state index contributed by atoms with van der Waals surface area (Å²) in [5, 5.41) is 22.0. The molecule has 10 nitrogen and oxygen atoms in total. The first-order chi connectivity index (χ1) is 16.3. The number of thioether (sulfide) groups is 1. The van der Waals surface area contributed by atoms with Gasteiger partial charge in [-0.25, -0.2) is 4.39 Å². The molecule has 0 spiro atoms. The Balaban J connectivity index is 1.71. The number of nitro benzene ring substituents is 1. The van der Waals surface area contributed by atoms with E-state index in [9.17, 15) is 19.3 Å². The fraction of sp³-hybridized carbons (Fsp3) is 0.227. The lowest BCUT2D eigenvalue weighted by atomic mass is 10.2. The fourth-order valence-corrected chi connectivity index (χ4v) is 3.76. The standard InChI is InChI=1S/C22H22FN5O5S/c1-4-11-27-21(14(2)33-19-8-6-5-7-18(19)32-3)25-26-22(27)34-13-20(29)24-17-12-15(28(30)31)9-10-16(17)23/h4-10,12,14H,1,11,13H2,2-3H3,(H,24,29). The van der Waals surface area contributed by atoms with Crippen LogP contribution < -0.4 is 14.8 Å². The van der Waals surface area contributed by atoms with E-state index in [4.69, 9.17) is 9.47 Å². The smallest absolute Gasteiger partial charge is 0.271 e. The third-order valence-corrected chi connectivity index (χ3v) is 5.53. The molecule has 0 aliphatic heterocycles. The minimum absolute atomic E-state index is 0.126. The predicted molar refractivity (Wildman–Crippen MR) is 125 cm³/mol. The Bertz CT molecular complexity index is 1200. The lowest BCUT2D eigenvalue weighted by molar-refractivity contribution is -0.384. The van der Waals surface area contributed by atoms with Crippen molar-refractivity contribution in [3.63, 3.8) is 0 Å². The normalized spacial score (nSPS) is 11.5. The molecule has 3 rings (SSSR count). The number of para-hydroxylation sites is 2. The Hall–Kier alpha value is -3.93. The fourth-order valence-electron chi connectivity index (χ4n) is 3.01. The zero-order valence-electron chi connectivity index (χ0n) is 18.4. The zero-order chi connectivity index (χ0) is 24.7. The SMILES string of the molecule is C=CCn1c(SCC(=O)Nc2cc([N+](=O)[O-])ccc2F)nnc1C(C)Oc1ccccc1OC. The number of methoxy groups -OCH3 is 1. The molecular weight excluding hydrogens is 465 g/mol. The van der Waals surface area contributed by atoms with E-state index >= 15 is 0 Å². The number of aromatic nitrogens is 3. The molecule has 0 bridgehead atoms. The third-order valence-electron chi connectivity index (χ3n) is 4.56. The van der Waals surface area contributed by atoms with Crippen LogP contribution in [-0.2, 0) is 11.3 Å². The minimum atomic E-state index is -0.775. The third kappa shape index (κ3) is 5.90. The van der Waals surface area contributed by atoms with E-state index < -0.39 is 22.8 Å². The summed E-state index contributed by atoms with van der Waals surface area (Å²) in [5.74, 6) is 0.167.